The van der Waals surface area contributed by atoms with Gasteiger partial charge in [-0.15, -0.1) is 0 Å². The summed E-state index contributed by atoms with van der Waals surface area (Å²) in [5, 5.41) is 3.85. The molecule has 2 aromatic carbocycles. The Morgan fingerprint density at radius 1 is 1.00 bits per heavy atom. The number of amides is 2. The Bertz CT molecular complexity index is 968. The number of rotatable bonds is 13. The minimum atomic E-state index is -0.648. The smallest absolute Gasteiger partial charge is 0.242 e. The maximum Gasteiger partial charge on any atom is 0.242 e. The maximum absolute atomic E-state index is 13.3. The number of nitrogens with one attached hydrogen (secondary N) is 1. The predicted molar refractivity (Wildman–Crippen MR) is 137 cm³/mol. The van der Waals surface area contributed by atoms with Gasteiger partial charge in [0, 0.05) is 29.6 Å². The van der Waals surface area contributed by atoms with E-state index in [1.807, 2.05) is 39.0 Å². The average Bonchev–Trinajstić information content (AvgIpc) is 2.81. The van der Waals surface area contributed by atoms with Crippen molar-refractivity contribution in [3.05, 3.63) is 57.6 Å². The third-order valence-corrected chi connectivity index (χ3v) is 5.89. The first-order chi connectivity index (χ1) is 16.3. The zero-order valence-electron chi connectivity index (χ0n) is 20.3. The molecular weight excluding hydrogens is 475 g/mol. The molecule has 0 saturated carbocycles. The summed E-state index contributed by atoms with van der Waals surface area (Å²) in [6, 6.07) is 10.2. The van der Waals surface area contributed by atoms with Crippen molar-refractivity contribution in [3.63, 3.8) is 0 Å². The Kier molecular flexibility index (Phi) is 11.5. The van der Waals surface area contributed by atoms with E-state index in [0.29, 0.717) is 47.7 Å². The van der Waals surface area contributed by atoms with Crippen LogP contribution in [0.25, 0.3) is 0 Å². The summed E-state index contributed by atoms with van der Waals surface area (Å²) in [5.74, 6) is 1.00. The zero-order chi connectivity index (χ0) is 25.1. The van der Waals surface area contributed by atoms with E-state index in [4.69, 9.17) is 32.7 Å². The second-order valence-corrected chi connectivity index (χ2v) is 8.72. The van der Waals surface area contributed by atoms with E-state index in [9.17, 15) is 9.59 Å². The van der Waals surface area contributed by atoms with Crippen LogP contribution < -0.4 is 14.8 Å². The van der Waals surface area contributed by atoms with Crippen molar-refractivity contribution in [2.75, 3.05) is 19.8 Å². The van der Waals surface area contributed by atoms with Crippen molar-refractivity contribution in [1.29, 1.82) is 0 Å². The highest BCUT2D eigenvalue weighted by Gasteiger charge is 2.26. The van der Waals surface area contributed by atoms with Gasteiger partial charge in [0.15, 0.2) is 11.5 Å². The third kappa shape index (κ3) is 8.10. The standard InChI is InChI=1S/C26H34Cl2N2O4/c1-5-14-29-26(32)18(4)30(17-20-10-11-21(27)16-22(20)28)25(31)13-9-19-8-12-23(33-6-2)24(15-19)34-7-3/h8,10-12,15-16,18H,5-7,9,13-14,17H2,1-4H3,(H,29,32)/t18-/m1/s1. The average molecular weight is 509 g/mol. The molecule has 2 amide bonds. The number of ether oxygens (including phenoxy) is 2. The molecule has 8 heteroatoms. The van der Waals surface area contributed by atoms with Gasteiger partial charge >= 0.3 is 0 Å². The van der Waals surface area contributed by atoms with Gasteiger partial charge in [-0.1, -0.05) is 42.3 Å². The molecule has 2 rings (SSSR count). The largest absolute Gasteiger partial charge is 0.490 e. The van der Waals surface area contributed by atoms with Gasteiger partial charge in [-0.25, -0.2) is 0 Å². The summed E-state index contributed by atoms with van der Waals surface area (Å²) in [6.45, 7) is 9.37. The van der Waals surface area contributed by atoms with Gasteiger partial charge in [-0.3, -0.25) is 9.59 Å². The Labute approximate surface area is 212 Å². The van der Waals surface area contributed by atoms with Crippen LogP contribution in [0.3, 0.4) is 0 Å². The molecule has 0 unspecified atom stereocenters. The van der Waals surface area contributed by atoms with Crippen molar-refractivity contribution < 1.29 is 19.1 Å². The highest BCUT2D eigenvalue weighted by Crippen LogP contribution is 2.29. The lowest BCUT2D eigenvalue weighted by molar-refractivity contribution is -0.140. The van der Waals surface area contributed by atoms with E-state index in [2.05, 4.69) is 5.32 Å². The van der Waals surface area contributed by atoms with Crippen molar-refractivity contribution >= 4 is 35.0 Å². The molecule has 0 spiro atoms. The number of nitrogens with zero attached hydrogens (tertiary/aromatic N) is 1. The lowest BCUT2D eigenvalue weighted by Crippen LogP contribution is -2.47. The van der Waals surface area contributed by atoms with Gasteiger partial charge in [0.05, 0.1) is 13.2 Å². The number of aryl methyl sites for hydroxylation is 1. The number of carbonyl (C=O) groups is 2. The molecule has 186 valence electrons. The fraction of sp³-hybridized carbons (Fsp3) is 0.462. The van der Waals surface area contributed by atoms with E-state index < -0.39 is 6.04 Å². The summed E-state index contributed by atoms with van der Waals surface area (Å²) in [7, 11) is 0. The lowest BCUT2D eigenvalue weighted by Gasteiger charge is -2.29. The van der Waals surface area contributed by atoms with E-state index in [1.54, 1.807) is 30.0 Å². The molecular formula is C26H34Cl2N2O4. The molecule has 2 aromatic rings. The second kappa shape index (κ2) is 14.1. The number of hydrogen-bond donors (Lipinski definition) is 1. The van der Waals surface area contributed by atoms with E-state index in [-0.39, 0.29) is 24.8 Å². The van der Waals surface area contributed by atoms with Crippen molar-refractivity contribution in [2.45, 2.75) is 59.5 Å². The third-order valence-electron chi connectivity index (χ3n) is 5.31. The van der Waals surface area contributed by atoms with Crippen LogP contribution in [0.1, 0.15) is 51.7 Å². The number of carbonyl (C=O) groups excluding carboxylic acids is 2. The van der Waals surface area contributed by atoms with Crippen molar-refractivity contribution in [1.82, 2.24) is 10.2 Å². The maximum atomic E-state index is 13.3. The zero-order valence-corrected chi connectivity index (χ0v) is 21.8. The Balaban J connectivity index is 2.20. The molecule has 0 radical (unpaired) electrons. The first-order valence-electron chi connectivity index (χ1n) is 11.7. The van der Waals surface area contributed by atoms with Gasteiger partial charge in [-0.2, -0.15) is 0 Å². The topological polar surface area (TPSA) is 67.9 Å². The quantitative estimate of drug-likeness (QED) is 0.378. The molecule has 0 aromatic heterocycles. The molecule has 0 aliphatic rings. The molecule has 1 atom stereocenters. The van der Waals surface area contributed by atoms with Gasteiger partial charge < -0.3 is 19.7 Å². The van der Waals surface area contributed by atoms with Crippen LogP contribution >= 0.6 is 23.2 Å². The van der Waals surface area contributed by atoms with Crippen LogP contribution in [0.15, 0.2) is 36.4 Å². The molecule has 0 saturated heterocycles. The normalized spacial score (nSPS) is 11.6. The summed E-state index contributed by atoms with van der Waals surface area (Å²) in [6.07, 6.45) is 1.55. The van der Waals surface area contributed by atoms with Crippen LogP contribution in [0.4, 0.5) is 0 Å². The van der Waals surface area contributed by atoms with Gasteiger partial charge in [0.25, 0.3) is 0 Å². The van der Waals surface area contributed by atoms with Crippen molar-refractivity contribution in [3.8, 4) is 11.5 Å². The van der Waals surface area contributed by atoms with Crippen LogP contribution in [0.5, 0.6) is 11.5 Å². The summed E-state index contributed by atoms with van der Waals surface area (Å²) in [4.78, 5) is 27.6. The first-order valence-corrected chi connectivity index (χ1v) is 12.5. The van der Waals surface area contributed by atoms with E-state index in [1.165, 1.54) is 0 Å². The molecule has 0 fully saturated rings. The summed E-state index contributed by atoms with van der Waals surface area (Å²) in [5.41, 5.74) is 1.68. The first kappa shape index (κ1) is 27.8. The van der Waals surface area contributed by atoms with Crippen molar-refractivity contribution in [2.24, 2.45) is 0 Å². The number of halogens is 2. The molecule has 6 nitrogen and oxygen atoms in total. The van der Waals surface area contributed by atoms with Crippen LogP contribution in [0.2, 0.25) is 10.0 Å². The highest BCUT2D eigenvalue weighted by molar-refractivity contribution is 6.35. The molecule has 0 aliphatic heterocycles. The fourth-order valence-corrected chi connectivity index (χ4v) is 3.93. The van der Waals surface area contributed by atoms with Gasteiger partial charge in [-0.05, 0) is 69.0 Å². The molecule has 0 bridgehead atoms. The number of benzene rings is 2. The Hall–Kier alpha value is -2.44. The molecule has 0 heterocycles. The van der Waals surface area contributed by atoms with E-state index in [0.717, 1.165) is 17.5 Å². The predicted octanol–water partition coefficient (Wildman–Crippen LogP) is 5.67. The van der Waals surface area contributed by atoms with E-state index >= 15 is 0 Å². The molecule has 1 N–H and O–H groups in total. The van der Waals surface area contributed by atoms with Gasteiger partial charge in [0.1, 0.15) is 6.04 Å². The molecule has 0 aliphatic carbocycles. The Morgan fingerprint density at radius 3 is 2.35 bits per heavy atom. The van der Waals surface area contributed by atoms with Crippen LogP contribution in [-0.4, -0.2) is 42.5 Å². The van der Waals surface area contributed by atoms with Crippen LogP contribution in [-0.2, 0) is 22.6 Å². The van der Waals surface area contributed by atoms with Gasteiger partial charge in [0.2, 0.25) is 11.8 Å². The number of hydrogen-bond acceptors (Lipinski definition) is 4. The SMILES string of the molecule is CCCNC(=O)[C@@H](C)N(Cc1ccc(Cl)cc1Cl)C(=O)CCc1ccc(OCC)c(OCC)c1. The fourth-order valence-electron chi connectivity index (χ4n) is 3.46. The molecule has 34 heavy (non-hydrogen) atoms. The highest BCUT2D eigenvalue weighted by atomic mass is 35.5. The Morgan fingerprint density at radius 2 is 1.71 bits per heavy atom. The summed E-state index contributed by atoms with van der Waals surface area (Å²) < 4.78 is 11.3. The minimum Gasteiger partial charge on any atom is -0.490 e. The lowest BCUT2D eigenvalue weighted by atomic mass is 10.1. The monoisotopic (exact) mass is 508 g/mol. The van der Waals surface area contributed by atoms with Crippen LogP contribution in [0, 0.1) is 0 Å². The second-order valence-electron chi connectivity index (χ2n) is 7.87. The summed E-state index contributed by atoms with van der Waals surface area (Å²) >= 11 is 12.4. The minimum absolute atomic E-state index is 0.142.